The third-order valence-electron chi connectivity index (χ3n) is 2.39. The first-order valence-electron chi connectivity index (χ1n) is 5.12. The van der Waals surface area contributed by atoms with Crippen molar-refractivity contribution >= 4 is 15.7 Å². The summed E-state index contributed by atoms with van der Waals surface area (Å²) in [7, 11) is -3.10. The number of sulfonamides is 1. The van der Waals surface area contributed by atoms with Gasteiger partial charge in [-0.3, -0.25) is 0 Å². The highest BCUT2D eigenvalue weighted by Crippen LogP contribution is 2.23. The predicted molar refractivity (Wildman–Crippen MR) is 61.3 cm³/mol. The number of nitrogen functional groups attached to an aromatic ring is 1. The van der Waals surface area contributed by atoms with Crippen molar-refractivity contribution in [2.24, 2.45) is 0 Å². The Kier molecular flexibility index (Phi) is 4.41. The topological polar surface area (TPSA) is 63.4 Å². The molecule has 1 rings (SSSR count). The van der Waals surface area contributed by atoms with Gasteiger partial charge in [0.2, 0.25) is 10.0 Å². The molecule has 0 saturated carbocycles. The summed E-state index contributed by atoms with van der Waals surface area (Å²) in [6, 6.07) is 2.67. The summed E-state index contributed by atoms with van der Waals surface area (Å²) < 4.78 is 73.3. The number of benzene rings is 1. The standard InChI is InChI=1S/C10H12F4N2O2S/c1-16(5-4-10(12,13)14)19(17,18)7-2-3-8(11)9(15)6-7/h2-3,6H,4-5,15H2,1H3. The van der Waals surface area contributed by atoms with E-state index in [1.165, 1.54) is 0 Å². The van der Waals surface area contributed by atoms with E-state index in [4.69, 9.17) is 5.73 Å². The van der Waals surface area contributed by atoms with Crippen molar-refractivity contribution in [2.45, 2.75) is 17.5 Å². The zero-order chi connectivity index (χ0) is 14.8. The SMILES string of the molecule is CN(CCC(F)(F)F)S(=O)(=O)c1ccc(F)c(N)c1. The van der Waals surface area contributed by atoms with Crippen LogP contribution in [0.25, 0.3) is 0 Å². The fourth-order valence-corrected chi connectivity index (χ4v) is 2.47. The van der Waals surface area contributed by atoms with E-state index < -0.39 is 35.0 Å². The molecule has 1 aromatic carbocycles. The molecule has 0 fully saturated rings. The molecule has 9 heteroatoms. The maximum Gasteiger partial charge on any atom is 0.390 e. The van der Waals surface area contributed by atoms with Crippen molar-refractivity contribution in [3.63, 3.8) is 0 Å². The minimum absolute atomic E-state index is 0.351. The number of alkyl halides is 3. The fourth-order valence-electron chi connectivity index (χ4n) is 1.27. The van der Waals surface area contributed by atoms with Crippen LogP contribution in [0.3, 0.4) is 0 Å². The minimum Gasteiger partial charge on any atom is -0.396 e. The first-order valence-corrected chi connectivity index (χ1v) is 6.56. The summed E-state index contributed by atoms with van der Waals surface area (Å²) in [5.74, 6) is -0.795. The van der Waals surface area contributed by atoms with Crippen LogP contribution in [0.1, 0.15) is 6.42 Å². The smallest absolute Gasteiger partial charge is 0.390 e. The monoisotopic (exact) mass is 300 g/mol. The number of hydrogen-bond donors (Lipinski definition) is 1. The summed E-state index contributed by atoms with van der Waals surface area (Å²) in [6.07, 6.45) is -5.72. The Morgan fingerprint density at radius 1 is 1.32 bits per heavy atom. The van der Waals surface area contributed by atoms with Gasteiger partial charge in [0.05, 0.1) is 17.0 Å². The zero-order valence-corrected chi connectivity index (χ0v) is 10.7. The van der Waals surface area contributed by atoms with Crippen LogP contribution >= 0.6 is 0 Å². The number of rotatable bonds is 4. The molecular weight excluding hydrogens is 288 g/mol. The Morgan fingerprint density at radius 3 is 2.37 bits per heavy atom. The molecule has 0 unspecified atom stereocenters. The lowest BCUT2D eigenvalue weighted by Gasteiger charge is -2.18. The van der Waals surface area contributed by atoms with Gasteiger partial charge in [-0.2, -0.15) is 13.2 Å². The highest BCUT2D eigenvalue weighted by atomic mass is 32.2. The van der Waals surface area contributed by atoms with Crippen LogP contribution in [0.5, 0.6) is 0 Å². The van der Waals surface area contributed by atoms with Gasteiger partial charge in [0, 0.05) is 13.6 Å². The highest BCUT2D eigenvalue weighted by Gasteiger charge is 2.30. The van der Waals surface area contributed by atoms with Crippen LogP contribution < -0.4 is 5.73 Å². The van der Waals surface area contributed by atoms with Crippen LogP contribution in [0.2, 0.25) is 0 Å². The molecule has 0 amide bonds. The van der Waals surface area contributed by atoms with Crippen molar-refractivity contribution in [2.75, 3.05) is 19.3 Å². The molecule has 4 nitrogen and oxygen atoms in total. The van der Waals surface area contributed by atoms with Crippen molar-refractivity contribution in [1.29, 1.82) is 0 Å². The molecule has 108 valence electrons. The Morgan fingerprint density at radius 2 is 1.89 bits per heavy atom. The minimum atomic E-state index is -4.45. The molecule has 0 bridgehead atoms. The van der Waals surface area contributed by atoms with Gasteiger partial charge >= 0.3 is 6.18 Å². The van der Waals surface area contributed by atoms with E-state index in [0.29, 0.717) is 4.31 Å². The summed E-state index contributed by atoms with van der Waals surface area (Å²) in [4.78, 5) is -0.351. The highest BCUT2D eigenvalue weighted by molar-refractivity contribution is 7.89. The van der Waals surface area contributed by atoms with Gasteiger partial charge in [-0.25, -0.2) is 17.1 Å². The lowest BCUT2D eigenvalue weighted by molar-refractivity contribution is -0.135. The first kappa shape index (κ1) is 15.7. The average Bonchev–Trinajstić information content (AvgIpc) is 2.28. The molecule has 0 spiro atoms. The molecule has 0 radical (unpaired) electrons. The summed E-state index contributed by atoms with van der Waals surface area (Å²) in [5.41, 5.74) is 4.84. The van der Waals surface area contributed by atoms with E-state index in [9.17, 15) is 26.0 Å². The van der Waals surface area contributed by atoms with Crippen molar-refractivity contribution in [3.05, 3.63) is 24.0 Å². The largest absolute Gasteiger partial charge is 0.396 e. The third kappa shape index (κ3) is 4.06. The molecule has 0 aliphatic carbocycles. The molecule has 0 atom stereocenters. The van der Waals surface area contributed by atoms with E-state index in [-0.39, 0.29) is 10.6 Å². The third-order valence-corrected chi connectivity index (χ3v) is 4.24. The zero-order valence-electron chi connectivity index (χ0n) is 9.91. The molecule has 0 aliphatic rings. The number of nitrogens with two attached hydrogens (primary N) is 1. The van der Waals surface area contributed by atoms with Gasteiger partial charge in [-0.15, -0.1) is 0 Å². The second-order valence-electron chi connectivity index (χ2n) is 3.88. The maximum atomic E-state index is 12.9. The Balaban J connectivity index is 2.94. The van der Waals surface area contributed by atoms with Gasteiger partial charge in [-0.1, -0.05) is 0 Å². The second-order valence-corrected chi connectivity index (χ2v) is 5.92. The maximum absolute atomic E-state index is 12.9. The number of hydrogen-bond acceptors (Lipinski definition) is 3. The molecule has 0 heterocycles. The van der Waals surface area contributed by atoms with Gasteiger partial charge in [0.1, 0.15) is 5.82 Å². The van der Waals surface area contributed by atoms with Crippen LogP contribution in [-0.4, -0.2) is 32.5 Å². The van der Waals surface area contributed by atoms with Crippen LogP contribution in [-0.2, 0) is 10.0 Å². The molecule has 19 heavy (non-hydrogen) atoms. The number of halogens is 4. The number of anilines is 1. The Labute approximate surface area is 107 Å². The van der Waals surface area contributed by atoms with Crippen LogP contribution in [0.15, 0.2) is 23.1 Å². The summed E-state index contributed by atoms with van der Waals surface area (Å²) in [5, 5.41) is 0. The van der Waals surface area contributed by atoms with Gasteiger partial charge in [0.25, 0.3) is 0 Å². The van der Waals surface area contributed by atoms with Crippen LogP contribution in [0, 0.1) is 5.82 Å². The van der Waals surface area contributed by atoms with E-state index in [1.807, 2.05) is 0 Å². The normalized spacial score (nSPS) is 12.9. The fraction of sp³-hybridized carbons (Fsp3) is 0.400. The summed E-state index contributed by atoms with van der Waals surface area (Å²) >= 11 is 0. The van der Waals surface area contributed by atoms with Crippen molar-refractivity contribution in [1.82, 2.24) is 4.31 Å². The van der Waals surface area contributed by atoms with E-state index in [0.717, 1.165) is 25.2 Å². The second kappa shape index (κ2) is 5.33. The molecule has 2 N–H and O–H groups in total. The van der Waals surface area contributed by atoms with Crippen molar-refractivity contribution < 1.29 is 26.0 Å². The molecule has 0 aliphatic heterocycles. The van der Waals surface area contributed by atoms with E-state index in [2.05, 4.69) is 0 Å². The molecule has 0 aromatic heterocycles. The van der Waals surface area contributed by atoms with Gasteiger partial charge < -0.3 is 5.73 Å². The van der Waals surface area contributed by atoms with Gasteiger partial charge in [0.15, 0.2) is 0 Å². The van der Waals surface area contributed by atoms with Gasteiger partial charge in [-0.05, 0) is 18.2 Å². The first-order chi connectivity index (χ1) is 8.54. The van der Waals surface area contributed by atoms with Crippen LogP contribution in [0.4, 0.5) is 23.2 Å². The number of nitrogens with zero attached hydrogens (tertiary/aromatic N) is 1. The Bertz CT molecular complexity index is 557. The lowest BCUT2D eigenvalue weighted by Crippen LogP contribution is -2.30. The predicted octanol–water partition coefficient (Wildman–Crippen LogP) is 1.98. The lowest BCUT2D eigenvalue weighted by atomic mass is 10.3. The quantitative estimate of drug-likeness (QED) is 0.683. The Hall–Kier alpha value is -1.35. The average molecular weight is 300 g/mol. The summed E-state index contributed by atoms with van der Waals surface area (Å²) in [6.45, 7) is -0.719. The van der Waals surface area contributed by atoms with Crippen molar-refractivity contribution in [3.8, 4) is 0 Å². The molecular formula is C10H12F4N2O2S. The van der Waals surface area contributed by atoms with E-state index in [1.54, 1.807) is 0 Å². The molecule has 0 saturated heterocycles. The molecule has 1 aromatic rings. The van der Waals surface area contributed by atoms with E-state index >= 15 is 0 Å².